The first-order valence-corrected chi connectivity index (χ1v) is 16.9. The molecule has 2 aromatic heterocycles. The highest BCUT2D eigenvalue weighted by atomic mass is 32.2. The van der Waals surface area contributed by atoms with E-state index >= 15 is 0 Å². The molecule has 0 saturated heterocycles. The van der Waals surface area contributed by atoms with Crippen LogP contribution in [-0.2, 0) is 10.5 Å². The molecule has 0 radical (unpaired) electrons. The van der Waals surface area contributed by atoms with E-state index in [9.17, 15) is 23.6 Å². The van der Waals surface area contributed by atoms with Crippen LogP contribution in [0.5, 0.6) is 5.75 Å². The molecule has 0 aliphatic carbocycles. The van der Waals surface area contributed by atoms with Crippen LogP contribution in [0.2, 0.25) is 0 Å². The summed E-state index contributed by atoms with van der Waals surface area (Å²) in [6, 6.07) is 26.5. The number of aromatic nitrogens is 2. The quantitative estimate of drug-likeness (QED) is 0.173. The lowest BCUT2D eigenvalue weighted by atomic mass is 9.95. The molecule has 246 valence electrons. The molecule has 3 heterocycles. The number of carbonyl (C=O) groups excluding carboxylic acids is 1. The van der Waals surface area contributed by atoms with E-state index in [-0.39, 0.29) is 33.5 Å². The maximum absolute atomic E-state index is 14.1. The number of amides is 1. The summed E-state index contributed by atoms with van der Waals surface area (Å²) in [4.78, 5) is 37.1. The van der Waals surface area contributed by atoms with Crippen LogP contribution in [0, 0.1) is 18.3 Å². The van der Waals surface area contributed by atoms with E-state index in [1.807, 2.05) is 60.7 Å². The average molecular weight is 694 g/mol. The Morgan fingerprint density at radius 3 is 2.49 bits per heavy atom. The van der Waals surface area contributed by atoms with Crippen molar-refractivity contribution in [3.05, 3.63) is 149 Å². The molecule has 12 heteroatoms. The second-order valence-electron chi connectivity index (χ2n) is 11.1. The van der Waals surface area contributed by atoms with Gasteiger partial charge in [-0.05, 0) is 66.9 Å². The van der Waals surface area contributed by atoms with Crippen molar-refractivity contribution in [2.24, 2.45) is 4.99 Å². The first-order chi connectivity index (χ1) is 23.7. The van der Waals surface area contributed by atoms with Gasteiger partial charge in [0.1, 0.15) is 22.5 Å². The standard InChI is InChI=1S/C37H29F2N5O3S2/c1-21-16-28(33(38)39)43-35(27(21)19-40)48-20-25-17-23(14-15-29(25)47-3)18-30-36(46)44-32(24-10-6-4-7-11-24)31(22(2)41-37(44)49-30)34(45)42-26-12-8-5-9-13-26/h4-18,32-33H,20H2,1-3H3,(H,42,45). The number of nitrogens with zero attached hydrogens (tertiary/aromatic N) is 4. The molecule has 1 aliphatic heterocycles. The van der Waals surface area contributed by atoms with Crippen LogP contribution in [0.3, 0.4) is 0 Å². The van der Waals surface area contributed by atoms with E-state index in [4.69, 9.17) is 9.73 Å². The zero-order valence-corrected chi connectivity index (χ0v) is 28.2. The number of carbonyl (C=O) groups is 1. The first kappa shape index (κ1) is 33.5. The number of hydrogen-bond donors (Lipinski definition) is 1. The Hall–Kier alpha value is -5.38. The van der Waals surface area contributed by atoms with Crippen molar-refractivity contribution in [2.75, 3.05) is 12.4 Å². The number of nitrogens with one attached hydrogen (secondary N) is 1. The summed E-state index contributed by atoms with van der Waals surface area (Å²) in [5.74, 6) is 0.476. The van der Waals surface area contributed by atoms with E-state index in [1.54, 1.807) is 42.7 Å². The number of rotatable bonds is 9. The minimum absolute atomic E-state index is 0.210. The summed E-state index contributed by atoms with van der Waals surface area (Å²) >= 11 is 2.38. The van der Waals surface area contributed by atoms with Gasteiger partial charge in [0, 0.05) is 17.0 Å². The predicted molar refractivity (Wildman–Crippen MR) is 186 cm³/mol. The first-order valence-electron chi connectivity index (χ1n) is 15.1. The van der Waals surface area contributed by atoms with Gasteiger partial charge in [0.15, 0.2) is 4.80 Å². The van der Waals surface area contributed by atoms with Crippen LogP contribution in [0.25, 0.3) is 6.08 Å². The smallest absolute Gasteiger partial charge is 0.280 e. The highest BCUT2D eigenvalue weighted by Crippen LogP contribution is 2.33. The van der Waals surface area contributed by atoms with Gasteiger partial charge in [-0.3, -0.25) is 14.2 Å². The topological polar surface area (TPSA) is 109 Å². The number of pyridine rings is 1. The van der Waals surface area contributed by atoms with Crippen LogP contribution >= 0.6 is 23.1 Å². The molecule has 1 aliphatic rings. The minimum atomic E-state index is -2.77. The molecule has 8 nitrogen and oxygen atoms in total. The van der Waals surface area contributed by atoms with Gasteiger partial charge in [-0.15, -0.1) is 11.8 Å². The van der Waals surface area contributed by atoms with Gasteiger partial charge in [0.25, 0.3) is 17.9 Å². The molecule has 1 amide bonds. The fourth-order valence-corrected chi connectivity index (χ4v) is 7.69. The van der Waals surface area contributed by atoms with Crippen molar-refractivity contribution in [1.82, 2.24) is 9.55 Å². The van der Waals surface area contributed by atoms with Crippen molar-refractivity contribution in [1.29, 1.82) is 5.26 Å². The van der Waals surface area contributed by atoms with Gasteiger partial charge in [0.05, 0.1) is 34.5 Å². The molecule has 6 rings (SSSR count). The van der Waals surface area contributed by atoms with E-state index < -0.39 is 12.5 Å². The SMILES string of the molecule is COc1ccc(C=c2sc3n(c2=O)C(c2ccccc2)C(C(=O)Nc2ccccc2)=C(C)N=3)cc1CSc1nc(C(F)F)cc(C)c1C#N. The lowest BCUT2D eigenvalue weighted by Gasteiger charge is -2.25. The number of thiazole rings is 1. The molecular weight excluding hydrogens is 665 g/mol. The van der Waals surface area contributed by atoms with Crippen LogP contribution in [0.1, 0.15) is 52.9 Å². The van der Waals surface area contributed by atoms with Gasteiger partial charge in [-0.2, -0.15) is 5.26 Å². The average Bonchev–Trinajstić information content (AvgIpc) is 3.40. The molecule has 49 heavy (non-hydrogen) atoms. The van der Waals surface area contributed by atoms with Crippen molar-refractivity contribution in [3.8, 4) is 11.8 Å². The molecule has 0 fully saturated rings. The van der Waals surface area contributed by atoms with Crippen LogP contribution < -0.4 is 24.9 Å². The number of anilines is 1. The van der Waals surface area contributed by atoms with E-state index in [0.29, 0.717) is 43.2 Å². The van der Waals surface area contributed by atoms with E-state index in [0.717, 1.165) is 22.9 Å². The fraction of sp³-hybridized carbons (Fsp3) is 0.162. The van der Waals surface area contributed by atoms with Gasteiger partial charge < -0.3 is 10.1 Å². The monoisotopic (exact) mass is 693 g/mol. The maximum atomic E-state index is 14.1. The Balaban J connectivity index is 1.38. The second kappa shape index (κ2) is 14.4. The Kier molecular flexibility index (Phi) is 9.85. The molecule has 1 unspecified atom stereocenters. The summed E-state index contributed by atoms with van der Waals surface area (Å²) < 4.78 is 34.5. The van der Waals surface area contributed by atoms with Gasteiger partial charge >= 0.3 is 0 Å². The molecule has 1 atom stereocenters. The highest BCUT2D eigenvalue weighted by molar-refractivity contribution is 7.98. The van der Waals surface area contributed by atoms with E-state index in [1.165, 1.54) is 24.5 Å². The predicted octanol–water partition coefficient (Wildman–Crippen LogP) is 6.69. The Morgan fingerprint density at radius 1 is 1.10 bits per heavy atom. The minimum Gasteiger partial charge on any atom is -0.496 e. The lowest BCUT2D eigenvalue weighted by Crippen LogP contribution is -2.40. The number of fused-ring (bicyclic) bond motifs is 1. The van der Waals surface area contributed by atoms with Crippen LogP contribution in [-0.4, -0.2) is 22.6 Å². The van der Waals surface area contributed by atoms with Crippen molar-refractivity contribution < 1.29 is 18.3 Å². The summed E-state index contributed by atoms with van der Waals surface area (Å²) in [6.07, 6.45) is -1.01. The third-order valence-corrected chi connectivity index (χ3v) is 9.93. The molecule has 0 saturated carbocycles. The largest absolute Gasteiger partial charge is 0.496 e. The zero-order valence-electron chi connectivity index (χ0n) is 26.6. The second-order valence-corrected chi connectivity index (χ2v) is 13.1. The fourth-order valence-electron chi connectivity index (χ4n) is 5.60. The number of thioether (sulfide) groups is 1. The summed E-state index contributed by atoms with van der Waals surface area (Å²) in [7, 11) is 1.53. The van der Waals surface area contributed by atoms with Crippen molar-refractivity contribution in [2.45, 2.75) is 37.1 Å². The number of allylic oxidation sites excluding steroid dienone is 1. The lowest BCUT2D eigenvalue weighted by molar-refractivity contribution is -0.113. The molecule has 1 N–H and O–H groups in total. The molecule has 0 bridgehead atoms. The third-order valence-electron chi connectivity index (χ3n) is 7.92. The van der Waals surface area contributed by atoms with Crippen molar-refractivity contribution >= 4 is 40.8 Å². The Bertz CT molecular complexity index is 2310. The molecule has 5 aromatic rings. The number of nitriles is 1. The number of benzene rings is 3. The number of hydrogen-bond acceptors (Lipinski definition) is 8. The van der Waals surface area contributed by atoms with Gasteiger partial charge in [0.2, 0.25) is 0 Å². The summed E-state index contributed by atoms with van der Waals surface area (Å²) in [5, 5.41) is 12.8. The number of alkyl halides is 2. The Labute approximate surface area is 288 Å². The van der Waals surface area contributed by atoms with Crippen LogP contribution in [0.4, 0.5) is 14.5 Å². The number of methoxy groups -OCH3 is 1. The number of ether oxygens (including phenoxy) is 1. The van der Waals surface area contributed by atoms with Crippen molar-refractivity contribution in [3.63, 3.8) is 0 Å². The third kappa shape index (κ3) is 6.95. The summed E-state index contributed by atoms with van der Waals surface area (Å²) in [5.41, 5.74) is 3.67. The Morgan fingerprint density at radius 2 is 1.82 bits per heavy atom. The zero-order chi connectivity index (χ0) is 34.7. The summed E-state index contributed by atoms with van der Waals surface area (Å²) in [6.45, 7) is 3.38. The van der Waals surface area contributed by atoms with E-state index in [2.05, 4.69) is 16.4 Å². The van der Waals surface area contributed by atoms with Gasteiger partial charge in [-0.25, -0.2) is 18.8 Å². The maximum Gasteiger partial charge on any atom is 0.280 e. The number of halogens is 2. The number of para-hydroxylation sites is 1. The molecular formula is C37H29F2N5O3S2. The highest BCUT2D eigenvalue weighted by Gasteiger charge is 2.32. The van der Waals surface area contributed by atoms with Crippen LogP contribution in [0.15, 0.2) is 111 Å². The molecule has 3 aromatic carbocycles. The van der Waals surface area contributed by atoms with Gasteiger partial charge in [-0.1, -0.05) is 65.9 Å². The normalized spacial score (nSPS) is 14.3. The molecule has 0 spiro atoms. The number of aryl methyl sites for hydroxylation is 1.